The van der Waals surface area contributed by atoms with Crippen LogP contribution in [0, 0.1) is 12.3 Å². The van der Waals surface area contributed by atoms with E-state index in [9.17, 15) is 4.79 Å². The van der Waals surface area contributed by atoms with Crippen LogP contribution in [0.25, 0.3) is 0 Å². The lowest BCUT2D eigenvalue weighted by atomic mass is 10.2. The number of ether oxygens (including phenoxy) is 1. The number of carbonyl (C=O) groups excluding carboxylic acids is 1. The number of amides is 1. The van der Waals surface area contributed by atoms with Crippen molar-refractivity contribution >= 4 is 5.91 Å². The fraction of sp³-hybridized carbons (Fsp3) is 0.583. The summed E-state index contributed by atoms with van der Waals surface area (Å²) in [5, 5.41) is 5.82. The van der Waals surface area contributed by atoms with E-state index >= 15 is 0 Å². The molecule has 0 fully saturated rings. The molecule has 0 aromatic carbocycles. The second-order valence-electron chi connectivity index (χ2n) is 3.61. The van der Waals surface area contributed by atoms with Crippen LogP contribution in [0.15, 0.2) is 11.6 Å². The van der Waals surface area contributed by atoms with E-state index in [4.69, 9.17) is 11.2 Å². The van der Waals surface area contributed by atoms with E-state index in [0.717, 1.165) is 19.6 Å². The first-order valence-electron chi connectivity index (χ1n) is 5.49. The minimum Gasteiger partial charge on any atom is -0.377 e. The standard InChI is InChI=1S/C12H18N2O2/c1-2-6-14-12(15)5-7-13-9-11-4-3-8-16-10-11/h1,4,13H,3,5-10H2,(H,14,15). The third-order valence-corrected chi connectivity index (χ3v) is 2.25. The summed E-state index contributed by atoms with van der Waals surface area (Å²) in [6.45, 7) is 3.28. The minimum absolute atomic E-state index is 0.0145. The average molecular weight is 222 g/mol. The van der Waals surface area contributed by atoms with E-state index in [2.05, 4.69) is 22.6 Å². The van der Waals surface area contributed by atoms with E-state index in [1.807, 2.05) is 0 Å². The van der Waals surface area contributed by atoms with E-state index in [0.29, 0.717) is 26.1 Å². The lowest BCUT2D eigenvalue weighted by Crippen LogP contribution is -2.29. The first kappa shape index (κ1) is 12.8. The fourth-order valence-corrected chi connectivity index (χ4v) is 1.42. The monoisotopic (exact) mass is 222 g/mol. The van der Waals surface area contributed by atoms with Crippen molar-refractivity contribution in [1.82, 2.24) is 10.6 Å². The molecule has 0 atom stereocenters. The molecular formula is C12H18N2O2. The molecule has 0 saturated carbocycles. The number of hydrogen-bond donors (Lipinski definition) is 2. The minimum atomic E-state index is -0.0145. The zero-order valence-corrected chi connectivity index (χ0v) is 9.42. The highest BCUT2D eigenvalue weighted by atomic mass is 16.5. The van der Waals surface area contributed by atoms with Crippen molar-refractivity contribution in [3.8, 4) is 12.3 Å². The maximum Gasteiger partial charge on any atom is 0.222 e. The number of rotatable bonds is 6. The van der Waals surface area contributed by atoms with Crippen molar-refractivity contribution in [2.45, 2.75) is 12.8 Å². The lowest BCUT2D eigenvalue weighted by Gasteiger charge is -2.14. The molecule has 2 N–H and O–H groups in total. The summed E-state index contributed by atoms with van der Waals surface area (Å²) in [5.41, 5.74) is 1.26. The average Bonchev–Trinajstić information content (AvgIpc) is 2.33. The topological polar surface area (TPSA) is 50.4 Å². The van der Waals surface area contributed by atoms with Gasteiger partial charge in [-0.05, 0) is 12.0 Å². The van der Waals surface area contributed by atoms with Crippen molar-refractivity contribution < 1.29 is 9.53 Å². The van der Waals surface area contributed by atoms with Crippen molar-refractivity contribution in [1.29, 1.82) is 0 Å². The Morgan fingerprint density at radius 3 is 3.19 bits per heavy atom. The van der Waals surface area contributed by atoms with Crippen LogP contribution in [0.3, 0.4) is 0 Å². The Labute approximate surface area is 96.4 Å². The molecule has 4 nitrogen and oxygen atoms in total. The predicted octanol–water partition coefficient (Wildman–Crippen LogP) is 0.0622. The van der Waals surface area contributed by atoms with Gasteiger partial charge in [-0.2, -0.15) is 0 Å². The summed E-state index contributed by atoms with van der Waals surface area (Å²) in [6.07, 6.45) is 8.66. The number of hydrogen-bond acceptors (Lipinski definition) is 3. The van der Waals surface area contributed by atoms with Crippen LogP contribution in [0.4, 0.5) is 0 Å². The van der Waals surface area contributed by atoms with Gasteiger partial charge >= 0.3 is 0 Å². The zero-order valence-electron chi connectivity index (χ0n) is 9.42. The molecule has 0 aliphatic carbocycles. The lowest BCUT2D eigenvalue weighted by molar-refractivity contribution is -0.120. The van der Waals surface area contributed by atoms with Gasteiger partial charge in [-0.15, -0.1) is 6.42 Å². The summed E-state index contributed by atoms with van der Waals surface area (Å²) in [6, 6.07) is 0. The highest BCUT2D eigenvalue weighted by Crippen LogP contribution is 2.03. The maximum absolute atomic E-state index is 11.2. The third kappa shape index (κ3) is 5.54. The molecule has 0 unspecified atom stereocenters. The molecule has 1 rings (SSSR count). The molecule has 1 amide bonds. The molecular weight excluding hydrogens is 204 g/mol. The van der Waals surface area contributed by atoms with Gasteiger partial charge in [0, 0.05) is 19.5 Å². The largest absolute Gasteiger partial charge is 0.377 e. The number of nitrogens with one attached hydrogen (secondary N) is 2. The molecule has 0 bridgehead atoms. The Morgan fingerprint density at radius 2 is 2.50 bits per heavy atom. The van der Waals surface area contributed by atoms with Crippen molar-refractivity contribution in [3.63, 3.8) is 0 Å². The highest BCUT2D eigenvalue weighted by Gasteiger charge is 2.03. The molecule has 88 valence electrons. The summed E-state index contributed by atoms with van der Waals surface area (Å²) < 4.78 is 5.30. The van der Waals surface area contributed by atoms with Gasteiger partial charge in [0.1, 0.15) is 0 Å². The molecule has 1 aliphatic heterocycles. The molecule has 0 spiro atoms. The Hall–Kier alpha value is -1.31. The Bertz CT molecular complexity index is 292. The van der Waals surface area contributed by atoms with Crippen LogP contribution >= 0.6 is 0 Å². The Morgan fingerprint density at radius 1 is 1.62 bits per heavy atom. The third-order valence-electron chi connectivity index (χ3n) is 2.25. The Balaban J connectivity index is 2.01. The van der Waals surface area contributed by atoms with Crippen molar-refractivity contribution in [2.24, 2.45) is 0 Å². The molecule has 16 heavy (non-hydrogen) atoms. The first-order chi connectivity index (χ1) is 7.83. The van der Waals surface area contributed by atoms with Crippen LogP contribution in [-0.2, 0) is 9.53 Å². The SMILES string of the molecule is C#CCNC(=O)CCNCC1=CCCOC1. The normalized spacial score (nSPS) is 15.1. The molecule has 1 heterocycles. The van der Waals surface area contributed by atoms with Gasteiger partial charge in [0.2, 0.25) is 5.91 Å². The summed E-state index contributed by atoms with van der Waals surface area (Å²) in [5.74, 6) is 2.35. The summed E-state index contributed by atoms with van der Waals surface area (Å²) in [4.78, 5) is 11.2. The van der Waals surface area contributed by atoms with Crippen LogP contribution in [0.5, 0.6) is 0 Å². The van der Waals surface area contributed by atoms with Gasteiger partial charge in [0.25, 0.3) is 0 Å². The van der Waals surface area contributed by atoms with E-state index in [1.165, 1.54) is 5.57 Å². The van der Waals surface area contributed by atoms with Gasteiger partial charge in [-0.25, -0.2) is 0 Å². The molecule has 0 radical (unpaired) electrons. The second-order valence-corrected chi connectivity index (χ2v) is 3.61. The van der Waals surface area contributed by atoms with Crippen LogP contribution in [-0.4, -0.2) is 38.8 Å². The molecule has 0 aromatic heterocycles. The Kier molecular flexibility index (Phi) is 6.31. The van der Waals surface area contributed by atoms with Gasteiger partial charge in [0.05, 0.1) is 19.8 Å². The number of carbonyl (C=O) groups is 1. The number of terminal acetylenes is 1. The van der Waals surface area contributed by atoms with E-state index in [1.54, 1.807) is 0 Å². The van der Waals surface area contributed by atoms with Gasteiger partial charge < -0.3 is 15.4 Å². The molecule has 0 aromatic rings. The predicted molar refractivity (Wildman–Crippen MR) is 62.8 cm³/mol. The first-order valence-corrected chi connectivity index (χ1v) is 5.49. The van der Waals surface area contributed by atoms with Crippen molar-refractivity contribution in [2.75, 3.05) is 32.8 Å². The van der Waals surface area contributed by atoms with E-state index < -0.39 is 0 Å². The summed E-state index contributed by atoms with van der Waals surface area (Å²) in [7, 11) is 0. The second kappa shape index (κ2) is 7.91. The fourth-order valence-electron chi connectivity index (χ4n) is 1.42. The molecule has 4 heteroatoms. The maximum atomic E-state index is 11.2. The van der Waals surface area contributed by atoms with Gasteiger partial charge in [-0.1, -0.05) is 12.0 Å². The zero-order chi connectivity index (χ0) is 11.6. The van der Waals surface area contributed by atoms with E-state index in [-0.39, 0.29) is 5.91 Å². The van der Waals surface area contributed by atoms with Crippen LogP contribution in [0.2, 0.25) is 0 Å². The van der Waals surface area contributed by atoms with Crippen LogP contribution < -0.4 is 10.6 Å². The molecule has 1 aliphatic rings. The quantitative estimate of drug-likeness (QED) is 0.380. The highest BCUT2D eigenvalue weighted by molar-refractivity contribution is 5.76. The molecule has 0 saturated heterocycles. The van der Waals surface area contributed by atoms with Gasteiger partial charge in [0.15, 0.2) is 0 Å². The summed E-state index contributed by atoms with van der Waals surface area (Å²) >= 11 is 0. The smallest absolute Gasteiger partial charge is 0.222 e. The van der Waals surface area contributed by atoms with Gasteiger partial charge in [-0.3, -0.25) is 4.79 Å². The van der Waals surface area contributed by atoms with Crippen molar-refractivity contribution in [3.05, 3.63) is 11.6 Å². The van der Waals surface area contributed by atoms with Crippen LogP contribution in [0.1, 0.15) is 12.8 Å².